The van der Waals surface area contributed by atoms with Crippen LogP contribution in [0.5, 0.6) is 0 Å². The maximum atomic E-state index is 4.69. The molecule has 104 valence electrons. The summed E-state index contributed by atoms with van der Waals surface area (Å²) in [5, 5.41) is 3.08. The predicted molar refractivity (Wildman–Crippen MR) is 88.9 cm³/mol. The van der Waals surface area contributed by atoms with Crippen LogP contribution in [-0.2, 0) is 12.8 Å². The predicted octanol–water partition coefficient (Wildman–Crippen LogP) is 4.50. The van der Waals surface area contributed by atoms with Crippen LogP contribution in [0.3, 0.4) is 0 Å². The van der Waals surface area contributed by atoms with Crippen LogP contribution in [0.15, 0.2) is 42.0 Å². The van der Waals surface area contributed by atoms with Crippen molar-refractivity contribution in [2.45, 2.75) is 19.8 Å². The molecule has 3 rings (SSSR count). The molecule has 1 unspecified atom stereocenters. The Morgan fingerprint density at radius 2 is 2.15 bits per heavy atom. The van der Waals surface area contributed by atoms with Gasteiger partial charge in [0.05, 0.1) is 5.69 Å². The van der Waals surface area contributed by atoms with E-state index in [0.29, 0.717) is 5.92 Å². The Balaban J connectivity index is 1.74. The monoisotopic (exact) mass is 348 g/mol. The second-order valence-electron chi connectivity index (χ2n) is 5.18. The molecule has 0 aliphatic rings. The fourth-order valence-electron chi connectivity index (χ4n) is 2.50. The fourth-order valence-corrected chi connectivity index (χ4v) is 3.68. The standard InChI is InChI=1S/C16H17BrN2S/c1-12-4-2-3-5-14(12)8-13(10-17)9-15-11-19-6-7-20-16(19)18-15/h2-7,11,13H,8-10H2,1H3. The molecule has 0 aliphatic heterocycles. The van der Waals surface area contributed by atoms with E-state index in [-0.39, 0.29) is 0 Å². The van der Waals surface area contributed by atoms with Crippen LogP contribution in [0, 0.1) is 12.8 Å². The lowest BCUT2D eigenvalue weighted by Gasteiger charge is -2.14. The van der Waals surface area contributed by atoms with Gasteiger partial charge in [-0.3, -0.25) is 4.40 Å². The Hall–Kier alpha value is -1.13. The Kier molecular flexibility index (Phi) is 4.22. The van der Waals surface area contributed by atoms with Gasteiger partial charge in [-0.15, -0.1) is 11.3 Å². The third-order valence-electron chi connectivity index (χ3n) is 3.63. The molecule has 0 saturated heterocycles. The number of fused-ring (bicyclic) bond motifs is 1. The van der Waals surface area contributed by atoms with Gasteiger partial charge in [0.15, 0.2) is 4.96 Å². The van der Waals surface area contributed by atoms with E-state index in [2.05, 4.69) is 74.3 Å². The molecule has 0 N–H and O–H groups in total. The van der Waals surface area contributed by atoms with Gasteiger partial charge in [0, 0.05) is 23.1 Å². The first-order chi connectivity index (χ1) is 9.76. The van der Waals surface area contributed by atoms with Gasteiger partial charge in [-0.05, 0) is 36.8 Å². The molecule has 4 heteroatoms. The summed E-state index contributed by atoms with van der Waals surface area (Å²) in [5.41, 5.74) is 4.01. The SMILES string of the molecule is Cc1ccccc1CC(CBr)Cc1cn2ccsc2n1. The van der Waals surface area contributed by atoms with E-state index in [1.165, 1.54) is 16.8 Å². The van der Waals surface area contributed by atoms with Gasteiger partial charge in [0.2, 0.25) is 0 Å². The minimum Gasteiger partial charge on any atom is -0.297 e. The highest BCUT2D eigenvalue weighted by Crippen LogP contribution is 2.20. The van der Waals surface area contributed by atoms with Gasteiger partial charge < -0.3 is 0 Å². The van der Waals surface area contributed by atoms with E-state index in [1.54, 1.807) is 11.3 Å². The van der Waals surface area contributed by atoms with Crippen molar-refractivity contribution in [2.24, 2.45) is 5.92 Å². The van der Waals surface area contributed by atoms with Gasteiger partial charge in [-0.2, -0.15) is 0 Å². The van der Waals surface area contributed by atoms with Crippen LogP contribution in [0.4, 0.5) is 0 Å². The van der Waals surface area contributed by atoms with Crippen molar-refractivity contribution >= 4 is 32.2 Å². The molecule has 0 spiro atoms. The van der Waals surface area contributed by atoms with Gasteiger partial charge in [-0.25, -0.2) is 4.98 Å². The normalized spacial score (nSPS) is 12.9. The fraction of sp³-hybridized carbons (Fsp3) is 0.312. The van der Waals surface area contributed by atoms with Crippen LogP contribution in [-0.4, -0.2) is 14.7 Å². The summed E-state index contributed by atoms with van der Waals surface area (Å²) in [6.07, 6.45) is 6.34. The number of imidazole rings is 1. The number of aromatic nitrogens is 2. The Bertz CT molecular complexity index is 673. The first-order valence-electron chi connectivity index (χ1n) is 6.78. The Morgan fingerprint density at radius 1 is 1.30 bits per heavy atom. The number of thiazole rings is 1. The van der Waals surface area contributed by atoms with E-state index in [0.717, 1.165) is 23.1 Å². The summed E-state index contributed by atoms with van der Waals surface area (Å²) in [6, 6.07) is 8.65. The van der Waals surface area contributed by atoms with Crippen molar-refractivity contribution in [3.8, 4) is 0 Å². The zero-order valence-corrected chi connectivity index (χ0v) is 13.8. The molecule has 20 heavy (non-hydrogen) atoms. The van der Waals surface area contributed by atoms with Crippen molar-refractivity contribution in [3.05, 3.63) is 58.9 Å². The van der Waals surface area contributed by atoms with Crippen molar-refractivity contribution in [3.63, 3.8) is 0 Å². The quantitative estimate of drug-likeness (QED) is 0.620. The average molecular weight is 349 g/mol. The summed E-state index contributed by atoms with van der Waals surface area (Å²) in [4.78, 5) is 5.77. The van der Waals surface area contributed by atoms with Crippen LogP contribution >= 0.6 is 27.3 Å². The lowest BCUT2D eigenvalue weighted by atomic mass is 9.94. The van der Waals surface area contributed by atoms with Gasteiger partial charge in [0.1, 0.15) is 0 Å². The molecule has 2 heterocycles. The number of benzene rings is 1. The van der Waals surface area contributed by atoms with Crippen molar-refractivity contribution < 1.29 is 0 Å². The van der Waals surface area contributed by atoms with Crippen LogP contribution in [0.2, 0.25) is 0 Å². The van der Waals surface area contributed by atoms with E-state index in [1.807, 2.05) is 0 Å². The first-order valence-corrected chi connectivity index (χ1v) is 8.78. The molecular formula is C16H17BrN2S. The molecule has 0 radical (unpaired) electrons. The van der Waals surface area contributed by atoms with Crippen molar-refractivity contribution in [1.29, 1.82) is 0 Å². The van der Waals surface area contributed by atoms with Crippen LogP contribution in [0.25, 0.3) is 4.96 Å². The highest BCUT2D eigenvalue weighted by molar-refractivity contribution is 9.09. The molecule has 0 aliphatic carbocycles. The lowest BCUT2D eigenvalue weighted by Crippen LogP contribution is -2.11. The maximum Gasteiger partial charge on any atom is 0.193 e. The smallest absolute Gasteiger partial charge is 0.193 e. The molecule has 2 nitrogen and oxygen atoms in total. The average Bonchev–Trinajstić information content (AvgIpc) is 3.01. The number of nitrogens with zero attached hydrogens (tertiary/aromatic N) is 2. The van der Waals surface area contributed by atoms with Crippen molar-refractivity contribution in [2.75, 3.05) is 5.33 Å². The number of halogens is 1. The minimum absolute atomic E-state index is 0.584. The summed E-state index contributed by atoms with van der Waals surface area (Å²) < 4.78 is 2.11. The molecule has 1 atom stereocenters. The highest BCUT2D eigenvalue weighted by Gasteiger charge is 2.13. The summed E-state index contributed by atoms with van der Waals surface area (Å²) in [6.45, 7) is 2.19. The maximum absolute atomic E-state index is 4.69. The van der Waals surface area contributed by atoms with E-state index < -0.39 is 0 Å². The van der Waals surface area contributed by atoms with E-state index in [9.17, 15) is 0 Å². The number of rotatable bonds is 5. The van der Waals surface area contributed by atoms with E-state index in [4.69, 9.17) is 0 Å². The van der Waals surface area contributed by atoms with Gasteiger partial charge in [0.25, 0.3) is 0 Å². The second-order valence-corrected chi connectivity index (χ2v) is 6.70. The minimum atomic E-state index is 0.584. The Morgan fingerprint density at radius 3 is 2.90 bits per heavy atom. The van der Waals surface area contributed by atoms with Crippen molar-refractivity contribution in [1.82, 2.24) is 9.38 Å². The number of hydrogen-bond acceptors (Lipinski definition) is 2. The third kappa shape index (κ3) is 2.96. The van der Waals surface area contributed by atoms with Gasteiger partial charge >= 0.3 is 0 Å². The lowest BCUT2D eigenvalue weighted by molar-refractivity contribution is 0.582. The van der Waals surface area contributed by atoms with E-state index >= 15 is 0 Å². The number of hydrogen-bond donors (Lipinski definition) is 0. The van der Waals surface area contributed by atoms with Crippen LogP contribution < -0.4 is 0 Å². The zero-order valence-electron chi connectivity index (χ0n) is 11.4. The molecule has 0 amide bonds. The largest absolute Gasteiger partial charge is 0.297 e. The third-order valence-corrected chi connectivity index (χ3v) is 5.32. The topological polar surface area (TPSA) is 17.3 Å². The summed E-state index contributed by atoms with van der Waals surface area (Å²) >= 11 is 5.35. The second kappa shape index (κ2) is 6.10. The molecule has 3 aromatic rings. The molecule has 0 fully saturated rings. The Labute approximate surface area is 131 Å². The number of alkyl halides is 1. The van der Waals surface area contributed by atoms with Gasteiger partial charge in [-0.1, -0.05) is 40.2 Å². The molecular weight excluding hydrogens is 332 g/mol. The first kappa shape index (κ1) is 13.8. The highest BCUT2D eigenvalue weighted by atomic mass is 79.9. The summed E-state index contributed by atoms with van der Waals surface area (Å²) in [7, 11) is 0. The molecule has 2 aromatic heterocycles. The summed E-state index contributed by atoms with van der Waals surface area (Å²) in [5.74, 6) is 0.584. The molecule has 1 aromatic carbocycles. The molecule has 0 saturated carbocycles. The van der Waals surface area contributed by atoms with Crippen LogP contribution in [0.1, 0.15) is 16.8 Å². The zero-order chi connectivity index (χ0) is 13.9. The molecule has 0 bridgehead atoms. The number of aryl methyl sites for hydroxylation is 1.